The van der Waals surface area contributed by atoms with Crippen LogP contribution >= 0.6 is 0 Å². The van der Waals surface area contributed by atoms with Crippen molar-refractivity contribution >= 4 is 11.7 Å². The summed E-state index contributed by atoms with van der Waals surface area (Å²) in [5.41, 5.74) is 3.89. The number of hydrogen-bond donors (Lipinski definition) is 2. The van der Waals surface area contributed by atoms with Gasteiger partial charge in [-0.25, -0.2) is 4.68 Å². The highest BCUT2D eigenvalue weighted by Crippen LogP contribution is 2.44. The molecule has 170 valence electrons. The molecule has 1 aliphatic rings. The van der Waals surface area contributed by atoms with E-state index in [0.29, 0.717) is 0 Å². The van der Waals surface area contributed by atoms with Crippen LogP contribution in [-0.2, 0) is 20.0 Å². The molecule has 2 N–H and O–H groups in total. The van der Waals surface area contributed by atoms with Crippen LogP contribution in [0.2, 0.25) is 0 Å². The van der Waals surface area contributed by atoms with Crippen molar-refractivity contribution < 1.29 is 18.0 Å². The number of aromatic nitrogens is 3. The topological polar surface area (TPSA) is 63.9 Å². The minimum atomic E-state index is -4.49. The standard InChI is InChI=1S/C23H26F3N5O/c1-4-15-6-8-16(9-7-15)19-11-20(23(24,25)26)31-21(29-19)18(13-28-31)22(32)27-12-17-10-5-14(2)30(17)3/h5-10,13,19-20,29H,4,11-12H2,1-3H3,(H,27,32)/t19-,20+/m0/s1. The van der Waals surface area contributed by atoms with Gasteiger partial charge in [-0.2, -0.15) is 18.3 Å². The fourth-order valence-corrected chi connectivity index (χ4v) is 4.04. The number of carbonyl (C=O) groups excluding carboxylic acids is 1. The van der Waals surface area contributed by atoms with E-state index in [-0.39, 0.29) is 24.3 Å². The highest BCUT2D eigenvalue weighted by Gasteiger charge is 2.47. The van der Waals surface area contributed by atoms with E-state index in [4.69, 9.17) is 0 Å². The van der Waals surface area contributed by atoms with Gasteiger partial charge in [-0.05, 0) is 36.6 Å². The number of fused-ring (bicyclic) bond motifs is 1. The van der Waals surface area contributed by atoms with E-state index in [1.807, 2.05) is 61.9 Å². The lowest BCUT2D eigenvalue weighted by Crippen LogP contribution is -2.36. The molecule has 0 aliphatic carbocycles. The zero-order chi connectivity index (χ0) is 23.0. The first-order valence-electron chi connectivity index (χ1n) is 10.6. The molecule has 9 heteroatoms. The van der Waals surface area contributed by atoms with E-state index in [1.54, 1.807) is 0 Å². The van der Waals surface area contributed by atoms with E-state index in [2.05, 4.69) is 15.7 Å². The molecule has 0 saturated heterocycles. The van der Waals surface area contributed by atoms with Crippen molar-refractivity contribution in [2.75, 3.05) is 5.32 Å². The lowest BCUT2D eigenvalue weighted by Gasteiger charge is -2.34. The predicted octanol–water partition coefficient (Wildman–Crippen LogP) is 4.68. The van der Waals surface area contributed by atoms with Crippen molar-refractivity contribution in [3.63, 3.8) is 0 Å². The Hall–Kier alpha value is -3.23. The number of aryl methyl sites for hydroxylation is 2. The number of nitrogens with one attached hydrogen (secondary N) is 2. The summed E-state index contributed by atoms with van der Waals surface area (Å²) in [5.74, 6) is -0.385. The zero-order valence-electron chi connectivity index (χ0n) is 18.2. The van der Waals surface area contributed by atoms with Crippen molar-refractivity contribution in [2.45, 2.75) is 51.5 Å². The first-order valence-corrected chi connectivity index (χ1v) is 10.6. The number of halogens is 3. The van der Waals surface area contributed by atoms with E-state index >= 15 is 0 Å². The molecule has 32 heavy (non-hydrogen) atoms. The minimum absolute atomic E-state index is 0.0868. The second kappa shape index (κ2) is 8.37. The normalized spacial score (nSPS) is 18.2. The molecule has 2 aromatic heterocycles. The van der Waals surface area contributed by atoms with Gasteiger partial charge in [-0.15, -0.1) is 0 Å². The molecule has 3 heterocycles. The zero-order valence-corrected chi connectivity index (χ0v) is 18.2. The van der Waals surface area contributed by atoms with Gasteiger partial charge in [0, 0.05) is 24.9 Å². The Labute approximate surface area is 184 Å². The Morgan fingerprint density at radius 1 is 1.22 bits per heavy atom. The maximum absolute atomic E-state index is 13.9. The summed E-state index contributed by atoms with van der Waals surface area (Å²) in [7, 11) is 1.89. The first-order chi connectivity index (χ1) is 15.2. The van der Waals surface area contributed by atoms with Crippen molar-refractivity contribution in [1.82, 2.24) is 19.7 Å². The van der Waals surface area contributed by atoms with Crippen LogP contribution in [-0.4, -0.2) is 26.4 Å². The monoisotopic (exact) mass is 445 g/mol. The van der Waals surface area contributed by atoms with Gasteiger partial charge in [-0.1, -0.05) is 31.2 Å². The number of rotatable bonds is 5. The Morgan fingerprint density at radius 2 is 1.94 bits per heavy atom. The molecule has 0 bridgehead atoms. The third-order valence-electron chi connectivity index (χ3n) is 6.18. The lowest BCUT2D eigenvalue weighted by atomic mass is 9.95. The number of anilines is 1. The van der Waals surface area contributed by atoms with Crippen molar-refractivity contribution in [3.8, 4) is 0 Å². The molecular weight excluding hydrogens is 419 g/mol. The van der Waals surface area contributed by atoms with Crippen LogP contribution < -0.4 is 10.6 Å². The summed E-state index contributed by atoms with van der Waals surface area (Å²) in [5, 5.41) is 9.85. The van der Waals surface area contributed by atoms with Gasteiger partial charge < -0.3 is 15.2 Å². The Bertz CT molecular complexity index is 1110. The average Bonchev–Trinajstić information content (AvgIpc) is 3.34. The van der Waals surface area contributed by atoms with E-state index in [1.165, 1.54) is 6.20 Å². The largest absolute Gasteiger partial charge is 0.410 e. The maximum Gasteiger partial charge on any atom is 0.410 e. The Morgan fingerprint density at radius 3 is 2.53 bits per heavy atom. The number of carbonyl (C=O) groups is 1. The number of benzene rings is 1. The van der Waals surface area contributed by atoms with Crippen LogP contribution in [0.5, 0.6) is 0 Å². The summed E-state index contributed by atoms with van der Waals surface area (Å²) in [6, 6.07) is 8.96. The summed E-state index contributed by atoms with van der Waals surface area (Å²) in [6.07, 6.45) is -2.64. The molecular formula is C23H26F3N5O. The average molecular weight is 445 g/mol. The van der Waals surface area contributed by atoms with Gasteiger partial charge in [0.15, 0.2) is 6.04 Å². The highest BCUT2D eigenvalue weighted by molar-refractivity contribution is 5.98. The molecule has 2 atom stereocenters. The van der Waals surface area contributed by atoms with Crippen LogP contribution in [0.3, 0.4) is 0 Å². The van der Waals surface area contributed by atoms with Crippen molar-refractivity contribution in [3.05, 3.63) is 70.7 Å². The second-order valence-electron chi connectivity index (χ2n) is 8.14. The SMILES string of the molecule is CCc1ccc([C@@H]2C[C@H](C(F)(F)F)n3ncc(C(=O)NCc4ccc(C)n4C)c3N2)cc1. The molecule has 0 fully saturated rings. The van der Waals surface area contributed by atoms with Gasteiger partial charge in [0.1, 0.15) is 11.4 Å². The maximum atomic E-state index is 13.9. The van der Waals surface area contributed by atoms with Crippen LogP contribution in [0.1, 0.15) is 58.3 Å². The van der Waals surface area contributed by atoms with Crippen LogP contribution in [0.25, 0.3) is 0 Å². The molecule has 1 aliphatic heterocycles. The van der Waals surface area contributed by atoms with Gasteiger partial charge in [0.05, 0.1) is 18.8 Å². The highest BCUT2D eigenvalue weighted by atomic mass is 19.4. The summed E-state index contributed by atoms with van der Waals surface area (Å²) in [6.45, 7) is 4.24. The van der Waals surface area contributed by atoms with Gasteiger partial charge in [0.2, 0.25) is 0 Å². The van der Waals surface area contributed by atoms with Crippen LogP contribution in [0.4, 0.5) is 19.0 Å². The van der Waals surface area contributed by atoms with Gasteiger partial charge in [0.25, 0.3) is 5.91 Å². The molecule has 1 aromatic carbocycles. The second-order valence-corrected chi connectivity index (χ2v) is 8.14. The van der Waals surface area contributed by atoms with E-state index in [9.17, 15) is 18.0 Å². The summed E-state index contributed by atoms with van der Waals surface area (Å²) in [4.78, 5) is 12.9. The van der Waals surface area contributed by atoms with Crippen LogP contribution in [0, 0.1) is 6.92 Å². The fraction of sp³-hybridized carbons (Fsp3) is 0.391. The van der Waals surface area contributed by atoms with Gasteiger partial charge in [-0.3, -0.25) is 4.79 Å². The Balaban J connectivity index is 1.61. The fourth-order valence-electron chi connectivity index (χ4n) is 4.04. The quantitative estimate of drug-likeness (QED) is 0.599. The molecule has 0 saturated carbocycles. The van der Waals surface area contributed by atoms with E-state index < -0.39 is 24.2 Å². The number of amides is 1. The predicted molar refractivity (Wildman–Crippen MR) is 115 cm³/mol. The minimum Gasteiger partial charge on any atom is -0.363 e. The van der Waals surface area contributed by atoms with Crippen LogP contribution in [0.15, 0.2) is 42.6 Å². The molecule has 0 spiro atoms. The molecule has 1 amide bonds. The van der Waals surface area contributed by atoms with E-state index in [0.717, 1.165) is 33.6 Å². The third kappa shape index (κ3) is 4.11. The summed E-state index contributed by atoms with van der Waals surface area (Å²) >= 11 is 0. The first kappa shape index (κ1) is 22.0. The molecule has 3 aromatic rings. The third-order valence-corrected chi connectivity index (χ3v) is 6.18. The van der Waals surface area contributed by atoms with Crippen molar-refractivity contribution in [2.24, 2.45) is 7.05 Å². The number of nitrogens with zero attached hydrogens (tertiary/aromatic N) is 3. The summed E-state index contributed by atoms with van der Waals surface area (Å²) < 4.78 is 44.4. The number of alkyl halides is 3. The van der Waals surface area contributed by atoms with Crippen molar-refractivity contribution in [1.29, 1.82) is 0 Å². The Kier molecular flexibility index (Phi) is 5.75. The molecule has 0 radical (unpaired) electrons. The lowest BCUT2D eigenvalue weighted by molar-refractivity contribution is -0.173. The smallest absolute Gasteiger partial charge is 0.363 e. The van der Waals surface area contributed by atoms with Gasteiger partial charge >= 0.3 is 6.18 Å². The number of hydrogen-bond acceptors (Lipinski definition) is 3. The molecule has 4 rings (SSSR count). The molecule has 6 nitrogen and oxygen atoms in total. The molecule has 0 unspecified atom stereocenters.